The van der Waals surface area contributed by atoms with Gasteiger partial charge in [-0.25, -0.2) is 0 Å². The minimum atomic E-state index is -0.515. The number of nitrogens with one attached hydrogen (secondary N) is 2. The predicted octanol–water partition coefficient (Wildman–Crippen LogP) is 1.89. The number of carbonyl (C=O) groups is 1. The summed E-state index contributed by atoms with van der Waals surface area (Å²) < 4.78 is 9.94. The lowest BCUT2D eigenvalue weighted by Gasteiger charge is -2.12. The summed E-state index contributed by atoms with van der Waals surface area (Å²) >= 11 is 5.75. The van der Waals surface area contributed by atoms with Gasteiger partial charge in [-0.3, -0.25) is 4.79 Å². The van der Waals surface area contributed by atoms with Crippen LogP contribution < -0.4 is 10.6 Å². The number of benzene rings is 1. The molecule has 0 heterocycles. The lowest BCUT2D eigenvalue weighted by molar-refractivity contribution is -0.112. The molecule has 0 saturated carbocycles. The molecule has 0 spiro atoms. The summed E-state index contributed by atoms with van der Waals surface area (Å²) in [5, 5.41) is 15.0. The van der Waals surface area contributed by atoms with Crippen LogP contribution >= 0.6 is 11.6 Å². The summed E-state index contributed by atoms with van der Waals surface area (Å²) in [6, 6.07) is 8.41. The number of carbonyl (C=O) groups excluding carboxylic acids is 1. The number of halogens is 1. The fourth-order valence-electron chi connectivity index (χ4n) is 1.40. The molecule has 1 aromatic carbocycles. The maximum atomic E-state index is 11.9. The molecular weight excluding hydrogens is 294 g/mol. The molecule has 1 amide bonds. The van der Waals surface area contributed by atoms with E-state index in [0.717, 1.165) is 0 Å². The zero-order chi connectivity index (χ0) is 15.7. The minimum Gasteiger partial charge on any atom is -0.385 e. The SMILES string of the molecule is COC(CN/C=C(/C#N)C(=O)Nc1ccc(Cl)cc1)OC. The molecule has 0 saturated heterocycles. The highest BCUT2D eigenvalue weighted by atomic mass is 35.5. The quantitative estimate of drug-likeness (QED) is 0.456. The molecule has 0 atom stereocenters. The van der Waals surface area contributed by atoms with Crippen LogP contribution in [0.5, 0.6) is 0 Å². The van der Waals surface area contributed by atoms with Gasteiger partial charge in [-0.15, -0.1) is 0 Å². The Balaban J connectivity index is 2.60. The van der Waals surface area contributed by atoms with Crippen LogP contribution in [-0.2, 0) is 14.3 Å². The van der Waals surface area contributed by atoms with Gasteiger partial charge in [0.25, 0.3) is 5.91 Å². The van der Waals surface area contributed by atoms with Gasteiger partial charge in [-0.2, -0.15) is 5.26 Å². The van der Waals surface area contributed by atoms with E-state index >= 15 is 0 Å². The third-order valence-corrected chi connectivity index (χ3v) is 2.78. The Morgan fingerprint density at radius 1 is 1.38 bits per heavy atom. The van der Waals surface area contributed by atoms with E-state index in [1.54, 1.807) is 24.3 Å². The average molecular weight is 310 g/mol. The van der Waals surface area contributed by atoms with Crippen LogP contribution in [0.15, 0.2) is 36.0 Å². The van der Waals surface area contributed by atoms with E-state index in [0.29, 0.717) is 17.3 Å². The second-order valence-corrected chi connectivity index (χ2v) is 4.38. The number of hydrogen-bond acceptors (Lipinski definition) is 5. The summed E-state index contributed by atoms with van der Waals surface area (Å²) in [5.74, 6) is -0.515. The molecule has 0 aromatic heterocycles. The first-order valence-electron chi connectivity index (χ1n) is 6.07. The van der Waals surface area contributed by atoms with E-state index in [-0.39, 0.29) is 5.57 Å². The molecule has 21 heavy (non-hydrogen) atoms. The molecule has 1 rings (SSSR count). The summed E-state index contributed by atoms with van der Waals surface area (Å²) in [5.41, 5.74) is 0.494. The number of amides is 1. The summed E-state index contributed by atoms with van der Waals surface area (Å²) in [6.45, 7) is 0.312. The molecule has 0 aliphatic heterocycles. The van der Waals surface area contributed by atoms with Gasteiger partial charge in [0, 0.05) is 31.1 Å². The van der Waals surface area contributed by atoms with Crippen LogP contribution in [0.2, 0.25) is 5.02 Å². The first-order chi connectivity index (χ1) is 10.1. The smallest absolute Gasteiger partial charge is 0.267 e. The van der Waals surface area contributed by atoms with Gasteiger partial charge in [-0.1, -0.05) is 11.6 Å². The maximum absolute atomic E-state index is 11.9. The zero-order valence-corrected chi connectivity index (χ0v) is 12.5. The van der Waals surface area contributed by atoms with Crippen molar-refractivity contribution in [1.82, 2.24) is 5.32 Å². The number of methoxy groups -OCH3 is 2. The minimum absolute atomic E-state index is 0.0593. The van der Waals surface area contributed by atoms with Gasteiger partial charge in [0.05, 0.1) is 6.54 Å². The molecular formula is C14H16ClN3O3. The van der Waals surface area contributed by atoms with Crippen molar-refractivity contribution in [3.05, 3.63) is 41.1 Å². The van der Waals surface area contributed by atoms with Gasteiger partial charge >= 0.3 is 0 Å². The van der Waals surface area contributed by atoms with Crippen molar-refractivity contribution < 1.29 is 14.3 Å². The van der Waals surface area contributed by atoms with Crippen LogP contribution in [0.1, 0.15) is 0 Å². The molecule has 0 unspecified atom stereocenters. The van der Waals surface area contributed by atoms with E-state index in [2.05, 4.69) is 10.6 Å². The van der Waals surface area contributed by atoms with Crippen LogP contribution in [0.4, 0.5) is 5.69 Å². The largest absolute Gasteiger partial charge is 0.385 e. The topological polar surface area (TPSA) is 83.4 Å². The Hall–Kier alpha value is -2.07. The average Bonchev–Trinajstić information content (AvgIpc) is 2.50. The number of rotatable bonds is 7. The summed E-state index contributed by atoms with van der Waals surface area (Å²) in [6.07, 6.45) is 0.858. The number of anilines is 1. The van der Waals surface area contributed by atoms with Crippen molar-refractivity contribution in [2.75, 3.05) is 26.1 Å². The Kier molecular flexibility index (Phi) is 7.26. The molecule has 0 radical (unpaired) electrons. The van der Waals surface area contributed by atoms with E-state index in [1.807, 2.05) is 6.07 Å². The Labute approximate surface area is 128 Å². The van der Waals surface area contributed by atoms with Crippen molar-refractivity contribution in [1.29, 1.82) is 5.26 Å². The van der Waals surface area contributed by atoms with Crippen molar-refractivity contribution in [3.8, 4) is 6.07 Å². The summed E-state index contributed by atoms with van der Waals surface area (Å²) in [7, 11) is 3.00. The molecule has 7 heteroatoms. The highest BCUT2D eigenvalue weighted by Gasteiger charge is 2.10. The van der Waals surface area contributed by atoms with Gasteiger partial charge in [-0.05, 0) is 24.3 Å². The van der Waals surface area contributed by atoms with E-state index in [4.69, 9.17) is 26.3 Å². The second-order valence-electron chi connectivity index (χ2n) is 3.94. The highest BCUT2D eigenvalue weighted by molar-refractivity contribution is 6.30. The van der Waals surface area contributed by atoms with Crippen LogP contribution in [0.25, 0.3) is 0 Å². The van der Waals surface area contributed by atoms with Crippen molar-refractivity contribution >= 4 is 23.2 Å². The Morgan fingerprint density at radius 2 is 2.00 bits per heavy atom. The molecule has 0 fully saturated rings. The number of hydrogen-bond donors (Lipinski definition) is 2. The first kappa shape index (κ1) is 17.0. The lowest BCUT2D eigenvalue weighted by atomic mass is 10.2. The van der Waals surface area contributed by atoms with Gasteiger partial charge in [0.1, 0.15) is 11.6 Å². The molecule has 0 bridgehead atoms. The van der Waals surface area contributed by atoms with Gasteiger partial charge < -0.3 is 20.1 Å². The highest BCUT2D eigenvalue weighted by Crippen LogP contribution is 2.13. The molecule has 1 aromatic rings. The monoisotopic (exact) mass is 309 g/mol. The fraction of sp³-hybridized carbons (Fsp3) is 0.286. The third-order valence-electron chi connectivity index (χ3n) is 2.52. The van der Waals surface area contributed by atoms with Crippen LogP contribution in [-0.4, -0.2) is 33.0 Å². The van der Waals surface area contributed by atoms with E-state index < -0.39 is 12.2 Å². The van der Waals surface area contributed by atoms with Crippen molar-refractivity contribution in [3.63, 3.8) is 0 Å². The fourth-order valence-corrected chi connectivity index (χ4v) is 1.53. The van der Waals surface area contributed by atoms with Crippen LogP contribution in [0.3, 0.4) is 0 Å². The van der Waals surface area contributed by atoms with Gasteiger partial charge in [0.15, 0.2) is 6.29 Å². The number of nitrogens with zero attached hydrogens (tertiary/aromatic N) is 1. The maximum Gasteiger partial charge on any atom is 0.267 e. The standard InChI is InChI=1S/C14H16ClN3O3/c1-20-13(21-2)9-17-8-10(7-16)14(19)18-12-5-3-11(15)4-6-12/h3-6,8,13,17H,9H2,1-2H3,(H,18,19)/b10-8-. The summed E-state index contributed by atoms with van der Waals surface area (Å²) in [4.78, 5) is 11.9. The third kappa shape index (κ3) is 5.83. The Bertz CT molecular complexity index is 533. The van der Waals surface area contributed by atoms with Crippen molar-refractivity contribution in [2.45, 2.75) is 6.29 Å². The first-order valence-corrected chi connectivity index (χ1v) is 6.44. The molecule has 112 valence electrons. The number of ether oxygens (including phenoxy) is 2. The lowest BCUT2D eigenvalue weighted by Crippen LogP contribution is -2.27. The molecule has 0 aliphatic carbocycles. The molecule has 2 N–H and O–H groups in total. The van der Waals surface area contributed by atoms with E-state index in [9.17, 15) is 4.79 Å². The number of nitriles is 1. The predicted molar refractivity (Wildman–Crippen MR) is 79.6 cm³/mol. The second kappa shape index (κ2) is 8.97. The molecule has 6 nitrogen and oxygen atoms in total. The van der Waals surface area contributed by atoms with Crippen LogP contribution in [0, 0.1) is 11.3 Å². The van der Waals surface area contributed by atoms with Gasteiger partial charge in [0.2, 0.25) is 0 Å². The van der Waals surface area contributed by atoms with E-state index in [1.165, 1.54) is 20.4 Å². The molecule has 0 aliphatic rings. The zero-order valence-electron chi connectivity index (χ0n) is 11.7. The Morgan fingerprint density at radius 3 is 2.52 bits per heavy atom. The van der Waals surface area contributed by atoms with Crippen molar-refractivity contribution in [2.24, 2.45) is 0 Å². The normalized spacial score (nSPS) is 11.1.